The van der Waals surface area contributed by atoms with Crippen LogP contribution in [0.3, 0.4) is 0 Å². The van der Waals surface area contributed by atoms with Crippen LogP contribution in [0.5, 0.6) is 17.2 Å². The van der Waals surface area contributed by atoms with Gasteiger partial charge in [0.25, 0.3) is 11.8 Å². The zero-order valence-corrected chi connectivity index (χ0v) is 22.0. The van der Waals surface area contributed by atoms with Gasteiger partial charge in [-0.25, -0.2) is 9.69 Å². The number of hydrogen-bond acceptors (Lipinski definition) is 6. The predicted octanol–water partition coefficient (Wildman–Crippen LogP) is 5.48. The van der Waals surface area contributed by atoms with E-state index in [4.69, 9.17) is 25.8 Å². The van der Waals surface area contributed by atoms with E-state index in [9.17, 15) is 14.4 Å². The predicted molar refractivity (Wildman–Crippen MR) is 145 cm³/mol. The van der Waals surface area contributed by atoms with Crippen molar-refractivity contribution in [2.45, 2.75) is 20.8 Å². The van der Waals surface area contributed by atoms with Gasteiger partial charge in [0.1, 0.15) is 24.5 Å². The summed E-state index contributed by atoms with van der Waals surface area (Å²) in [6.07, 6.45) is 1.37. The van der Waals surface area contributed by atoms with E-state index in [2.05, 4.69) is 5.32 Å². The summed E-state index contributed by atoms with van der Waals surface area (Å²) >= 11 is 6.51. The van der Waals surface area contributed by atoms with Gasteiger partial charge in [-0.1, -0.05) is 47.0 Å². The second kappa shape index (κ2) is 11.8. The van der Waals surface area contributed by atoms with Crippen molar-refractivity contribution < 1.29 is 28.6 Å². The van der Waals surface area contributed by atoms with Crippen LogP contribution in [0.2, 0.25) is 5.02 Å². The molecule has 4 amide bonds. The van der Waals surface area contributed by atoms with E-state index in [-0.39, 0.29) is 23.8 Å². The molecule has 196 valence electrons. The Morgan fingerprint density at radius 1 is 0.868 bits per heavy atom. The second-order valence-corrected chi connectivity index (χ2v) is 8.97. The van der Waals surface area contributed by atoms with Gasteiger partial charge in [-0.2, -0.15) is 0 Å². The maximum Gasteiger partial charge on any atom is 0.335 e. The topological polar surface area (TPSA) is 94.2 Å². The number of amides is 4. The smallest absolute Gasteiger partial charge is 0.335 e. The Kier molecular flexibility index (Phi) is 8.33. The van der Waals surface area contributed by atoms with Gasteiger partial charge in [-0.15, -0.1) is 0 Å². The summed E-state index contributed by atoms with van der Waals surface area (Å²) in [6, 6.07) is 16.9. The molecule has 1 N–H and O–H groups in total. The molecular weight excluding hydrogens is 508 g/mol. The molecule has 3 aromatic carbocycles. The summed E-state index contributed by atoms with van der Waals surface area (Å²) in [5.74, 6) is -0.154. The molecule has 0 unspecified atom stereocenters. The first-order chi connectivity index (χ1) is 18.3. The van der Waals surface area contributed by atoms with Crippen LogP contribution in [0.4, 0.5) is 10.5 Å². The fourth-order valence-electron chi connectivity index (χ4n) is 3.76. The van der Waals surface area contributed by atoms with Crippen molar-refractivity contribution in [3.8, 4) is 17.2 Å². The van der Waals surface area contributed by atoms with Crippen LogP contribution in [-0.4, -0.2) is 37.7 Å². The standard InChI is InChI=1S/C29H27ClN2O6/c1-4-36-25-17-20(16-24(30)26(25)38-14-13-37-22-11-7-19(3)8-12-22)15-23-27(33)31-29(35)32(28(23)34)21-9-5-18(2)6-10-21/h5-12,15-17H,4,13-14H2,1-3H3,(H,31,33,35)/b23-15+. The van der Waals surface area contributed by atoms with E-state index in [0.29, 0.717) is 29.4 Å². The molecule has 0 aromatic heterocycles. The van der Waals surface area contributed by atoms with E-state index < -0.39 is 17.8 Å². The minimum absolute atomic E-state index is 0.211. The number of hydrogen-bond donors (Lipinski definition) is 1. The van der Waals surface area contributed by atoms with Crippen molar-refractivity contribution in [1.29, 1.82) is 0 Å². The van der Waals surface area contributed by atoms with Gasteiger partial charge in [0.2, 0.25) is 0 Å². The minimum Gasteiger partial charge on any atom is -0.490 e. The first kappa shape index (κ1) is 26.8. The number of nitrogens with one attached hydrogen (secondary N) is 1. The van der Waals surface area contributed by atoms with Crippen LogP contribution < -0.4 is 24.4 Å². The summed E-state index contributed by atoms with van der Waals surface area (Å²) in [4.78, 5) is 39.1. The van der Waals surface area contributed by atoms with Gasteiger partial charge >= 0.3 is 6.03 Å². The number of nitrogens with zero attached hydrogens (tertiary/aromatic N) is 1. The SMILES string of the molecule is CCOc1cc(/C=C2\C(=O)NC(=O)N(c3ccc(C)cc3)C2=O)cc(Cl)c1OCCOc1ccc(C)cc1. The van der Waals surface area contributed by atoms with Crippen LogP contribution in [0.15, 0.2) is 66.2 Å². The lowest BCUT2D eigenvalue weighted by Crippen LogP contribution is -2.54. The molecule has 0 aliphatic carbocycles. The average molecular weight is 535 g/mol. The number of carbonyl (C=O) groups excluding carboxylic acids is 3. The molecule has 0 atom stereocenters. The normalized spacial score (nSPS) is 14.5. The molecule has 0 saturated carbocycles. The first-order valence-corrected chi connectivity index (χ1v) is 12.4. The third-order valence-electron chi connectivity index (χ3n) is 5.66. The lowest BCUT2D eigenvalue weighted by molar-refractivity contribution is -0.122. The molecule has 0 spiro atoms. The van der Waals surface area contributed by atoms with Crippen molar-refractivity contribution in [2.24, 2.45) is 0 Å². The monoisotopic (exact) mass is 534 g/mol. The number of benzene rings is 3. The van der Waals surface area contributed by atoms with Gasteiger partial charge in [0.15, 0.2) is 11.5 Å². The van der Waals surface area contributed by atoms with Crippen molar-refractivity contribution >= 4 is 41.2 Å². The van der Waals surface area contributed by atoms with E-state index in [0.717, 1.165) is 21.8 Å². The quantitative estimate of drug-likeness (QED) is 0.222. The Labute approximate surface area is 225 Å². The fourth-order valence-corrected chi connectivity index (χ4v) is 4.04. The summed E-state index contributed by atoms with van der Waals surface area (Å²) in [7, 11) is 0. The zero-order valence-electron chi connectivity index (χ0n) is 21.2. The van der Waals surface area contributed by atoms with Crippen LogP contribution in [0, 0.1) is 13.8 Å². The maximum absolute atomic E-state index is 13.2. The third-order valence-corrected chi connectivity index (χ3v) is 5.94. The number of rotatable bonds is 9. The molecule has 1 saturated heterocycles. The number of carbonyl (C=O) groups is 3. The van der Waals surface area contributed by atoms with Crippen LogP contribution >= 0.6 is 11.6 Å². The molecule has 1 heterocycles. The van der Waals surface area contributed by atoms with Gasteiger partial charge in [0.05, 0.1) is 17.3 Å². The van der Waals surface area contributed by atoms with Crippen molar-refractivity contribution in [1.82, 2.24) is 5.32 Å². The Morgan fingerprint density at radius 2 is 1.50 bits per heavy atom. The molecule has 0 bridgehead atoms. The number of barbiturate groups is 1. The number of urea groups is 1. The van der Waals surface area contributed by atoms with Gasteiger partial charge in [0, 0.05) is 0 Å². The van der Waals surface area contributed by atoms with Crippen molar-refractivity contribution in [2.75, 3.05) is 24.7 Å². The fraction of sp³-hybridized carbons (Fsp3) is 0.207. The Bertz CT molecular complexity index is 1380. The molecule has 1 fully saturated rings. The molecule has 1 aliphatic heterocycles. The third kappa shape index (κ3) is 6.15. The highest BCUT2D eigenvalue weighted by Gasteiger charge is 2.36. The van der Waals surface area contributed by atoms with Crippen molar-refractivity contribution in [3.05, 3.63) is 87.9 Å². The highest BCUT2D eigenvalue weighted by atomic mass is 35.5. The van der Waals surface area contributed by atoms with Crippen LogP contribution in [-0.2, 0) is 9.59 Å². The Morgan fingerprint density at radius 3 is 2.16 bits per heavy atom. The Hall–Kier alpha value is -4.30. The maximum atomic E-state index is 13.2. The lowest BCUT2D eigenvalue weighted by Gasteiger charge is -2.26. The molecule has 4 rings (SSSR count). The lowest BCUT2D eigenvalue weighted by atomic mass is 10.1. The van der Waals surface area contributed by atoms with Gasteiger partial charge in [-0.05, 0) is 68.8 Å². The highest BCUT2D eigenvalue weighted by Crippen LogP contribution is 2.37. The summed E-state index contributed by atoms with van der Waals surface area (Å²) in [5.41, 5.74) is 2.66. The summed E-state index contributed by atoms with van der Waals surface area (Å²) in [6.45, 7) is 6.53. The van der Waals surface area contributed by atoms with E-state index in [1.165, 1.54) is 6.08 Å². The molecule has 9 heteroatoms. The zero-order chi connectivity index (χ0) is 27.2. The average Bonchev–Trinajstić information content (AvgIpc) is 2.88. The number of anilines is 1. The number of imide groups is 2. The minimum atomic E-state index is -0.814. The summed E-state index contributed by atoms with van der Waals surface area (Å²) < 4.78 is 17.3. The van der Waals surface area contributed by atoms with Crippen LogP contribution in [0.1, 0.15) is 23.6 Å². The van der Waals surface area contributed by atoms with E-state index in [1.54, 1.807) is 36.4 Å². The first-order valence-electron chi connectivity index (χ1n) is 12.0. The van der Waals surface area contributed by atoms with Gasteiger partial charge in [-0.3, -0.25) is 14.9 Å². The molecule has 8 nitrogen and oxygen atoms in total. The number of aryl methyl sites for hydroxylation is 2. The molecule has 1 aliphatic rings. The van der Waals surface area contributed by atoms with E-state index >= 15 is 0 Å². The molecular formula is C29H27ClN2O6. The second-order valence-electron chi connectivity index (χ2n) is 8.57. The largest absolute Gasteiger partial charge is 0.490 e. The molecule has 38 heavy (non-hydrogen) atoms. The number of halogens is 1. The Balaban J connectivity index is 1.54. The molecule has 0 radical (unpaired) electrons. The van der Waals surface area contributed by atoms with Gasteiger partial charge < -0.3 is 14.2 Å². The van der Waals surface area contributed by atoms with E-state index in [1.807, 2.05) is 45.0 Å². The van der Waals surface area contributed by atoms with Crippen molar-refractivity contribution in [3.63, 3.8) is 0 Å². The highest BCUT2D eigenvalue weighted by molar-refractivity contribution is 6.39. The summed E-state index contributed by atoms with van der Waals surface area (Å²) in [5, 5.41) is 2.45. The number of ether oxygens (including phenoxy) is 3. The van der Waals surface area contributed by atoms with Crippen LogP contribution in [0.25, 0.3) is 6.08 Å². The molecule has 3 aromatic rings.